The first-order valence-electron chi connectivity index (χ1n) is 9.12. The molecule has 1 aliphatic heterocycles. The molecule has 1 heterocycles. The Labute approximate surface area is 156 Å². The molecule has 3 N–H and O–H groups in total. The van der Waals surface area contributed by atoms with E-state index in [4.69, 9.17) is 15.2 Å². The summed E-state index contributed by atoms with van der Waals surface area (Å²) in [5.41, 5.74) is 6.73. The van der Waals surface area contributed by atoms with Crippen molar-refractivity contribution in [2.45, 2.75) is 57.1 Å². The Bertz CT molecular complexity index is 549. The van der Waals surface area contributed by atoms with E-state index in [9.17, 15) is 4.79 Å². The van der Waals surface area contributed by atoms with Crippen LogP contribution in [0.3, 0.4) is 0 Å². The van der Waals surface area contributed by atoms with Crippen molar-refractivity contribution in [2.24, 2.45) is 11.7 Å². The lowest BCUT2D eigenvalue weighted by atomic mass is 9.85. The van der Waals surface area contributed by atoms with Gasteiger partial charge in [0.2, 0.25) is 5.91 Å². The lowest BCUT2D eigenvalue weighted by Gasteiger charge is -2.26. The van der Waals surface area contributed by atoms with Crippen molar-refractivity contribution < 1.29 is 14.3 Å². The minimum atomic E-state index is 0. The van der Waals surface area contributed by atoms with Gasteiger partial charge in [0.1, 0.15) is 12.4 Å². The normalized spacial score (nSPS) is 26.4. The second-order valence-corrected chi connectivity index (χ2v) is 6.91. The number of nitrogens with two attached hydrogens (primary N) is 1. The predicted octanol–water partition coefficient (Wildman–Crippen LogP) is 3.51. The van der Waals surface area contributed by atoms with Gasteiger partial charge in [0.05, 0.1) is 11.8 Å². The van der Waals surface area contributed by atoms with E-state index in [1.54, 1.807) is 0 Å². The maximum atomic E-state index is 12.5. The molecule has 1 saturated carbocycles. The number of halogens is 1. The molecular weight excluding hydrogens is 340 g/mol. The summed E-state index contributed by atoms with van der Waals surface area (Å²) >= 11 is 0. The van der Waals surface area contributed by atoms with Gasteiger partial charge in [-0.1, -0.05) is 18.6 Å². The monoisotopic (exact) mass is 368 g/mol. The van der Waals surface area contributed by atoms with Crippen LogP contribution >= 0.6 is 12.4 Å². The summed E-state index contributed by atoms with van der Waals surface area (Å²) < 4.78 is 11.6. The fourth-order valence-electron chi connectivity index (χ4n) is 3.52. The van der Waals surface area contributed by atoms with Crippen LogP contribution in [0.5, 0.6) is 5.75 Å². The van der Waals surface area contributed by atoms with E-state index in [1.165, 1.54) is 6.42 Å². The number of anilines is 1. The van der Waals surface area contributed by atoms with Gasteiger partial charge in [0, 0.05) is 18.6 Å². The SMILES string of the molecule is Cl.NC1CCCC(C(=O)Nc2ccccc2OCC2CCCCO2)C1. The third kappa shape index (κ3) is 5.87. The van der Waals surface area contributed by atoms with E-state index in [1.807, 2.05) is 24.3 Å². The molecule has 6 heteroatoms. The maximum absolute atomic E-state index is 12.5. The molecule has 140 valence electrons. The number of amides is 1. The zero-order valence-corrected chi connectivity index (χ0v) is 15.4. The van der Waals surface area contributed by atoms with Crippen LogP contribution < -0.4 is 15.8 Å². The smallest absolute Gasteiger partial charge is 0.227 e. The minimum Gasteiger partial charge on any atom is -0.489 e. The Morgan fingerprint density at radius 2 is 2.04 bits per heavy atom. The van der Waals surface area contributed by atoms with Crippen molar-refractivity contribution in [3.05, 3.63) is 24.3 Å². The van der Waals surface area contributed by atoms with Crippen molar-refractivity contribution >= 4 is 24.0 Å². The highest BCUT2D eigenvalue weighted by Crippen LogP contribution is 2.28. The van der Waals surface area contributed by atoms with Crippen LogP contribution in [0, 0.1) is 5.92 Å². The highest BCUT2D eigenvalue weighted by molar-refractivity contribution is 5.94. The first-order valence-corrected chi connectivity index (χ1v) is 9.12. The fraction of sp³-hybridized carbons (Fsp3) is 0.632. The Morgan fingerprint density at radius 3 is 2.80 bits per heavy atom. The zero-order chi connectivity index (χ0) is 16.8. The average molecular weight is 369 g/mol. The quantitative estimate of drug-likeness (QED) is 0.834. The van der Waals surface area contributed by atoms with Crippen LogP contribution in [0.15, 0.2) is 24.3 Å². The van der Waals surface area contributed by atoms with Gasteiger partial charge in [-0.2, -0.15) is 0 Å². The van der Waals surface area contributed by atoms with Crippen molar-refractivity contribution in [1.29, 1.82) is 0 Å². The molecule has 0 bridgehead atoms. The Kier molecular flexibility index (Phi) is 8.00. The topological polar surface area (TPSA) is 73.6 Å². The van der Waals surface area contributed by atoms with E-state index in [2.05, 4.69) is 5.32 Å². The molecule has 1 saturated heterocycles. The van der Waals surface area contributed by atoms with Gasteiger partial charge in [0.15, 0.2) is 0 Å². The summed E-state index contributed by atoms with van der Waals surface area (Å²) in [6, 6.07) is 7.75. The molecule has 25 heavy (non-hydrogen) atoms. The third-order valence-corrected chi connectivity index (χ3v) is 4.93. The van der Waals surface area contributed by atoms with Gasteiger partial charge in [0.25, 0.3) is 0 Å². The molecule has 1 aromatic carbocycles. The minimum absolute atomic E-state index is 0. The second kappa shape index (κ2) is 10.00. The highest BCUT2D eigenvalue weighted by Gasteiger charge is 2.26. The van der Waals surface area contributed by atoms with E-state index in [-0.39, 0.29) is 36.4 Å². The third-order valence-electron chi connectivity index (χ3n) is 4.93. The first-order chi connectivity index (χ1) is 11.7. The molecule has 0 spiro atoms. The zero-order valence-electron chi connectivity index (χ0n) is 14.6. The molecular formula is C19H29ClN2O3. The highest BCUT2D eigenvalue weighted by atomic mass is 35.5. The molecule has 5 nitrogen and oxygen atoms in total. The maximum Gasteiger partial charge on any atom is 0.227 e. The van der Waals surface area contributed by atoms with Gasteiger partial charge in [-0.25, -0.2) is 0 Å². The van der Waals surface area contributed by atoms with Gasteiger partial charge < -0.3 is 20.5 Å². The number of para-hydroxylation sites is 2. The molecule has 3 unspecified atom stereocenters. The number of nitrogens with one attached hydrogen (secondary N) is 1. The molecule has 1 aromatic rings. The van der Waals surface area contributed by atoms with Crippen molar-refractivity contribution in [1.82, 2.24) is 0 Å². The fourth-order valence-corrected chi connectivity index (χ4v) is 3.52. The van der Waals surface area contributed by atoms with E-state index in [0.29, 0.717) is 12.4 Å². The Morgan fingerprint density at radius 1 is 1.20 bits per heavy atom. The average Bonchev–Trinajstić information content (AvgIpc) is 2.62. The van der Waals surface area contributed by atoms with Crippen LogP contribution in [0.2, 0.25) is 0 Å². The number of rotatable bonds is 5. The van der Waals surface area contributed by atoms with E-state index < -0.39 is 0 Å². The number of benzene rings is 1. The summed E-state index contributed by atoms with van der Waals surface area (Å²) in [6.45, 7) is 1.34. The summed E-state index contributed by atoms with van der Waals surface area (Å²) in [6.07, 6.45) is 7.24. The van der Waals surface area contributed by atoms with Crippen molar-refractivity contribution in [2.75, 3.05) is 18.5 Å². The number of hydrogen-bond donors (Lipinski definition) is 2. The molecule has 1 amide bonds. The second-order valence-electron chi connectivity index (χ2n) is 6.91. The Hall–Kier alpha value is -1.30. The van der Waals surface area contributed by atoms with E-state index >= 15 is 0 Å². The van der Waals surface area contributed by atoms with E-state index in [0.717, 1.165) is 50.8 Å². The van der Waals surface area contributed by atoms with Gasteiger partial charge in [-0.3, -0.25) is 4.79 Å². The van der Waals surface area contributed by atoms with Gasteiger partial charge in [-0.05, 0) is 50.7 Å². The van der Waals surface area contributed by atoms with Crippen LogP contribution in [-0.4, -0.2) is 31.3 Å². The number of ether oxygens (including phenoxy) is 2. The van der Waals surface area contributed by atoms with Crippen molar-refractivity contribution in [3.8, 4) is 5.75 Å². The standard InChI is InChI=1S/C19H28N2O3.ClH/c20-15-7-5-6-14(12-15)19(22)21-17-9-1-2-10-18(17)24-13-16-8-3-4-11-23-16;/h1-2,9-10,14-16H,3-8,11-13,20H2,(H,21,22);1H. The van der Waals surface area contributed by atoms with Gasteiger partial charge >= 0.3 is 0 Å². The number of carbonyl (C=O) groups is 1. The molecule has 1 aliphatic carbocycles. The molecule has 3 atom stereocenters. The van der Waals surface area contributed by atoms with Crippen LogP contribution in [0.25, 0.3) is 0 Å². The van der Waals surface area contributed by atoms with Gasteiger partial charge in [-0.15, -0.1) is 12.4 Å². The first kappa shape index (κ1) is 20.0. The summed E-state index contributed by atoms with van der Waals surface area (Å²) in [5.74, 6) is 0.763. The number of carbonyl (C=O) groups excluding carboxylic acids is 1. The molecule has 2 fully saturated rings. The van der Waals surface area contributed by atoms with Crippen LogP contribution in [-0.2, 0) is 9.53 Å². The van der Waals surface area contributed by atoms with Crippen LogP contribution in [0.4, 0.5) is 5.69 Å². The molecule has 0 aromatic heterocycles. The van der Waals surface area contributed by atoms with Crippen LogP contribution in [0.1, 0.15) is 44.9 Å². The Balaban J connectivity index is 0.00000225. The largest absolute Gasteiger partial charge is 0.489 e. The summed E-state index contributed by atoms with van der Waals surface area (Å²) in [5, 5.41) is 3.03. The lowest BCUT2D eigenvalue weighted by Crippen LogP contribution is -2.34. The summed E-state index contributed by atoms with van der Waals surface area (Å²) in [7, 11) is 0. The summed E-state index contributed by atoms with van der Waals surface area (Å²) in [4.78, 5) is 12.5. The molecule has 3 rings (SSSR count). The predicted molar refractivity (Wildman–Crippen MR) is 101 cm³/mol. The number of hydrogen-bond acceptors (Lipinski definition) is 4. The van der Waals surface area contributed by atoms with Crippen molar-refractivity contribution in [3.63, 3.8) is 0 Å². The molecule has 0 radical (unpaired) electrons. The lowest BCUT2D eigenvalue weighted by molar-refractivity contribution is -0.120. The molecule has 2 aliphatic rings.